The van der Waals surface area contributed by atoms with Crippen LogP contribution in [-0.2, 0) is 14.6 Å². The summed E-state index contributed by atoms with van der Waals surface area (Å²) in [6.45, 7) is 2.76. The predicted octanol–water partition coefficient (Wildman–Crippen LogP) is 0.690. The average Bonchev–Trinajstić information content (AvgIpc) is 2.83. The van der Waals surface area contributed by atoms with Gasteiger partial charge >= 0.3 is 0 Å². The van der Waals surface area contributed by atoms with Gasteiger partial charge in [0.05, 0.1) is 18.9 Å². The molecular formula is C10H16N2O3S2. The van der Waals surface area contributed by atoms with Gasteiger partial charge in [0.25, 0.3) is 0 Å². The topological polar surface area (TPSA) is 82.3 Å². The number of thiazole rings is 1. The van der Waals surface area contributed by atoms with Gasteiger partial charge in [0.2, 0.25) is 0 Å². The average molecular weight is 276 g/mol. The minimum absolute atomic E-state index is 0.0431. The molecule has 1 aliphatic heterocycles. The molecule has 0 bridgehead atoms. The van der Waals surface area contributed by atoms with Crippen molar-refractivity contribution in [1.82, 2.24) is 4.98 Å². The Balaban J connectivity index is 2.21. The molecule has 0 amide bonds. The van der Waals surface area contributed by atoms with Crippen molar-refractivity contribution in [2.24, 2.45) is 5.73 Å². The summed E-state index contributed by atoms with van der Waals surface area (Å²) in [7, 11) is -3.09. The molecule has 2 heterocycles. The molecular weight excluding hydrogens is 260 g/mol. The second-order valence-electron chi connectivity index (χ2n) is 4.39. The van der Waals surface area contributed by atoms with E-state index < -0.39 is 15.1 Å². The van der Waals surface area contributed by atoms with E-state index in [0.717, 1.165) is 5.69 Å². The van der Waals surface area contributed by atoms with Crippen LogP contribution in [0, 0.1) is 0 Å². The molecule has 3 unspecified atom stereocenters. The van der Waals surface area contributed by atoms with Crippen molar-refractivity contribution in [2.45, 2.75) is 24.1 Å². The molecule has 0 radical (unpaired) electrons. The summed E-state index contributed by atoms with van der Waals surface area (Å²) in [6.07, 6.45) is 1.23. The fraction of sp³-hybridized carbons (Fsp3) is 0.700. The number of rotatable bonds is 3. The van der Waals surface area contributed by atoms with Gasteiger partial charge in [0, 0.05) is 23.6 Å². The van der Waals surface area contributed by atoms with E-state index >= 15 is 0 Å². The highest BCUT2D eigenvalue weighted by Crippen LogP contribution is 2.30. The molecule has 0 aliphatic carbocycles. The molecule has 3 atom stereocenters. The molecule has 0 aromatic carbocycles. The zero-order chi connectivity index (χ0) is 12.6. The minimum Gasteiger partial charge on any atom is -0.379 e. The van der Waals surface area contributed by atoms with Crippen molar-refractivity contribution >= 4 is 21.2 Å². The maximum Gasteiger partial charge on any atom is 0.156 e. The number of sulfone groups is 1. The summed E-state index contributed by atoms with van der Waals surface area (Å²) >= 11 is 1.37. The van der Waals surface area contributed by atoms with Crippen LogP contribution >= 0.6 is 11.3 Å². The second kappa shape index (κ2) is 4.64. The monoisotopic (exact) mass is 276 g/mol. The first-order chi connectivity index (χ1) is 7.89. The van der Waals surface area contributed by atoms with Crippen LogP contribution in [0.25, 0.3) is 0 Å². The van der Waals surface area contributed by atoms with Crippen LogP contribution in [0.3, 0.4) is 0 Å². The molecule has 1 aromatic heterocycles. The Hall–Kier alpha value is -0.500. The molecule has 17 heavy (non-hydrogen) atoms. The molecule has 2 N–H and O–H groups in total. The molecule has 96 valence electrons. The Bertz CT molecular complexity index is 497. The first-order valence-electron chi connectivity index (χ1n) is 5.37. The van der Waals surface area contributed by atoms with Crippen LogP contribution < -0.4 is 5.73 Å². The number of nitrogens with two attached hydrogens (primary N) is 1. The van der Waals surface area contributed by atoms with Crippen molar-refractivity contribution in [1.29, 1.82) is 0 Å². The van der Waals surface area contributed by atoms with Gasteiger partial charge < -0.3 is 10.5 Å². The van der Waals surface area contributed by atoms with Gasteiger partial charge in [0.1, 0.15) is 10.3 Å². The van der Waals surface area contributed by atoms with Crippen molar-refractivity contribution in [3.05, 3.63) is 16.1 Å². The molecule has 0 spiro atoms. The van der Waals surface area contributed by atoms with Gasteiger partial charge in [-0.25, -0.2) is 13.4 Å². The summed E-state index contributed by atoms with van der Waals surface area (Å²) in [5.74, 6) is 0.0896. The van der Waals surface area contributed by atoms with Crippen LogP contribution in [-0.4, -0.2) is 38.9 Å². The molecule has 1 saturated heterocycles. The standard InChI is InChI=1S/C10H16N2O3S2/c1-6(17(2,13)14)10-12-9(5-16-10)7-3-15-4-8(7)11/h5-8H,3-4,11H2,1-2H3. The third-order valence-corrected chi connectivity index (χ3v) is 5.74. The quantitative estimate of drug-likeness (QED) is 0.878. The van der Waals surface area contributed by atoms with E-state index in [4.69, 9.17) is 10.5 Å². The van der Waals surface area contributed by atoms with E-state index in [1.165, 1.54) is 17.6 Å². The Kier molecular flexibility index (Phi) is 3.53. The van der Waals surface area contributed by atoms with E-state index in [9.17, 15) is 8.42 Å². The molecule has 2 rings (SSSR count). The normalized spacial score (nSPS) is 27.2. The van der Waals surface area contributed by atoms with E-state index in [-0.39, 0.29) is 12.0 Å². The number of ether oxygens (including phenoxy) is 1. The van der Waals surface area contributed by atoms with Crippen molar-refractivity contribution in [2.75, 3.05) is 19.5 Å². The molecule has 0 saturated carbocycles. The number of aromatic nitrogens is 1. The Morgan fingerprint density at radius 3 is 2.82 bits per heavy atom. The number of hydrogen-bond acceptors (Lipinski definition) is 6. The highest BCUT2D eigenvalue weighted by Gasteiger charge is 2.30. The summed E-state index contributed by atoms with van der Waals surface area (Å²) in [5.41, 5.74) is 6.76. The zero-order valence-electron chi connectivity index (χ0n) is 9.79. The molecule has 5 nitrogen and oxygen atoms in total. The Morgan fingerprint density at radius 1 is 1.59 bits per heavy atom. The molecule has 1 aliphatic rings. The van der Waals surface area contributed by atoms with Crippen LogP contribution in [0.5, 0.6) is 0 Å². The third kappa shape index (κ3) is 2.67. The summed E-state index contributed by atoms with van der Waals surface area (Å²) in [4.78, 5) is 4.39. The number of nitrogens with zero attached hydrogens (tertiary/aromatic N) is 1. The summed E-state index contributed by atoms with van der Waals surface area (Å²) < 4.78 is 28.2. The molecule has 1 aromatic rings. The lowest BCUT2D eigenvalue weighted by Gasteiger charge is -2.10. The van der Waals surface area contributed by atoms with E-state index in [0.29, 0.717) is 18.2 Å². The number of hydrogen-bond donors (Lipinski definition) is 1. The van der Waals surface area contributed by atoms with Gasteiger partial charge in [0.15, 0.2) is 9.84 Å². The predicted molar refractivity (Wildman–Crippen MR) is 66.9 cm³/mol. The first kappa shape index (κ1) is 12.9. The minimum atomic E-state index is -3.09. The maximum atomic E-state index is 11.4. The van der Waals surface area contributed by atoms with Crippen molar-refractivity contribution in [3.8, 4) is 0 Å². The lowest BCUT2D eigenvalue weighted by Crippen LogP contribution is -2.27. The highest BCUT2D eigenvalue weighted by atomic mass is 32.2. The molecule has 7 heteroatoms. The smallest absolute Gasteiger partial charge is 0.156 e. The lowest BCUT2D eigenvalue weighted by molar-refractivity contribution is 0.190. The van der Waals surface area contributed by atoms with Gasteiger partial charge in [-0.05, 0) is 6.92 Å². The zero-order valence-corrected chi connectivity index (χ0v) is 11.4. The SMILES string of the molecule is CC(c1nc(C2COCC2N)cs1)S(C)(=O)=O. The van der Waals surface area contributed by atoms with Crippen molar-refractivity contribution < 1.29 is 13.2 Å². The van der Waals surface area contributed by atoms with Crippen LogP contribution in [0.2, 0.25) is 0 Å². The maximum absolute atomic E-state index is 11.4. The van der Waals surface area contributed by atoms with Crippen LogP contribution in [0.15, 0.2) is 5.38 Å². The Labute approximate surface area is 105 Å². The van der Waals surface area contributed by atoms with Gasteiger partial charge in [-0.3, -0.25) is 0 Å². The summed E-state index contributed by atoms with van der Waals surface area (Å²) in [6, 6.07) is -0.0431. The third-order valence-electron chi connectivity index (χ3n) is 3.03. The summed E-state index contributed by atoms with van der Waals surface area (Å²) in [5, 5.41) is 1.96. The lowest BCUT2D eigenvalue weighted by atomic mass is 10.0. The first-order valence-corrected chi connectivity index (χ1v) is 8.20. The fourth-order valence-electron chi connectivity index (χ4n) is 1.72. The van der Waals surface area contributed by atoms with Gasteiger partial charge in [-0.2, -0.15) is 0 Å². The van der Waals surface area contributed by atoms with Crippen LogP contribution in [0.1, 0.15) is 28.8 Å². The van der Waals surface area contributed by atoms with E-state index in [2.05, 4.69) is 4.98 Å². The van der Waals surface area contributed by atoms with Crippen molar-refractivity contribution in [3.63, 3.8) is 0 Å². The molecule has 1 fully saturated rings. The Morgan fingerprint density at radius 2 is 2.29 bits per heavy atom. The fourth-order valence-corrected chi connectivity index (χ4v) is 3.65. The van der Waals surface area contributed by atoms with Crippen LogP contribution in [0.4, 0.5) is 0 Å². The highest BCUT2D eigenvalue weighted by molar-refractivity contribution is 7.91. The van der Waals surface area contributed by atoms with Gasteiger partial charge in [-0.1, -0.05) is 0 Å². The van der Waals surface area contributed by atoms with E-state index in [1.54, 1.807) is 6.92 Å². The van der Waals surface area contributed by atoms with Gasteiger partial charge in [-0.15, -0.1) is 11.3 Å². The largest absolute Gasteiger partial charge is 0.379 e. The van der Waals surface area contributed by atoms with E-state index in [1.807, 2.05) is 5.38 Å². The second-order valence-corrected chi connectivity index (χ2v) is 7.65.